The molecule has 9 heteroatoms. The van der Waals surface area contributed by atoms with E-state index in [1.807, 2.05) is 26.8 Å². The van der Waals surface area contributed by atoms with Gasteiger partial charge in [-0.2, -0.15) is 0 Å². The van der Waals surface area contributed by atoms with E-state index in [1.165, 1.54) is 25.7 Å². The maximum absolute atomic E-state index is 5.69. The van der Waals surface area contributed by atoms with Crippen molar-refractivity contribution in [2.75, 3.05) is 34.0 Å². The van der Waals surface area contributed by atoms with Crippen molar-refractivity contribution in [3.8, 4) is 0 Å². The molecular weight excluding hydrogens is 420 g/mol. The Kier molecular flexibility index (Phi) is 10.7. The number of hydrogen-bond acceptors (Lipinski definition) is 7. The fraction of sp³-hybridized carbons (Fsp3) is 0.810. The van der Waals surface area contributed by atoms with Gasteiger partial charge in [-0.15, -0.1) is 0 Å². The number of fused-ring (bicyclic) bond motifs is 1. The van der Waals surface area contributed by atoms with E-state index in [9.17, 15) is 0 Å². The molecule has 0 N–H and O–H groups in total. The van der Waals surface area contributed by atoms with Crippen LogP contribution in [0.25, 0.3) is 0 Å². The van der Waals surface area contributed by atoms with Gasteiger partial charge in [0.05, 0.1) is 29.9 Å². The highest BCUT2D eigenvalue weighted by molar-refractivity contribution is 6.75. The van der Waals surface area contributed by atoms with Crippen LogP contribution in [0.5, 0.6) is 0 Å². The summed E-state index contributed by atoms with van der Waals surface area (Å²) in [6.07, 6.45) is 9.57. The van der Waals surface area contributed by atoms with Crippen LogP contribution in [-0.2, 0) is 26.9 Å². The second-order valence-corrected chi connectivity index (χ2v) is 14.0. The first kappa shape index (κ1) is 25.7. The minimum Gasteiger partial charge on any atom is -0.472 e. The molecule has 3 atom stereocenters. The third-order valence-corrected chi connectivity index (χ3v) is 11.8. The molecule has 1 saturated carbocycles. The predicted octanol–water partition coefficient (Wildman–Crippen LogP) is 3.84. The number of rotatable bonds is 12. The summed E-state index contributed by atoms with van der Waals surface area (Å²) < 4.78 is 38.7. The van der Waals surface area contributed by atoms with Gasteiger partial charge in [-0.1, -0.05) is 0 Å². The van der Waals surface area contributed by atoms with Crippen LogP contribution in [0.4, 0.5) is 0 Å². The SMILES string of the molecule is CCO[Si](OCC)(OCC)c1ccoc1.CO[Si](C)(CCC1CCC2OC2C1)OC. The molecule has 0 bridgehead atoms. The number of hydrogen-bond donors (Lipinski definition) is 0. The first-order valence-electron chi connectivity index (χ1n) is 11.2. The van der Waals surface area contributed by atoms with Gasteiger partial charge in [-0.05, 0) is 71.0 Å². The molecule has 1 aliphatic heterocycles. The molecule has 30 heavy (non-hydrogen) atoms. The normalized spacial score (nSPS) is 23.5. The second kappa shape index (κ2) is 12.5. The molecule has 1 saturated heterocycles. The maximum Gasteiger partial charge on any atom is 0.540 e. The van der Waals surface area contributed by atoms with Gasteiger partial charge in [0, 0.05) is 34.0 Å². The molecule has 174 valence electrons. The Bertz CT molecular complexity index is 563. The Morgan fingerprint density at radius 3 is 2.07 bits per heavy atom. The van der Waals surface area contributed by atoms with Crippen molar-refractivity contribution in [2.24, 2.45) is 5.92 Å². The van der Waals surface area contributed by atoms with E-state index in [2.05, 4.69) is 6.55 Å². The van der Waals surface area contributed by atoms with E-state index in [0.29, 0.717) is 32.0 Å². The van der Waals surface area contributed by atoms with Crippen molar-refractivity contribution < 1.29 is 31.3 Å². The van der Waals surface area contributed by atoms with Crippen LogP contribution in [0.2, 0.25) is 12.6 Å². The highest BCUT2D eigenvalue weighted by atomic mass is 28.4. The van der Waals surface area contributed by atoms with Crippen LogP contribution in [0, 0.1) is 5.92 Å². The van der Waals surface area contributed by atoms with Gasteiger partial charge in [0.1, 0.15) is 0 Å². The fourth-order valence-corrected chi connectivity index (χ4v) is 7.77. The van der Waals surface area contributed by atoms with Crippen molar-refractivity contribution >= 4 is 22.6 Å². The van der Waals surface area contributed by atoms with Crippen LogP contribution < -0.4 is 5.19 Å². The summed E-state index contributed by atoms with van der Waals surface area (Å²) in [4.78, 5) is 0. The molecule has 7 nitrogen and oxygen atoms in total. The van der Waals surface area contributed by atoms with E-state index < -0.39 is 17.4 Å². The monoisotopic (exact) mass is 460 g/mol. The van der Waals surface area contributed by atoms with E-state index in [-0.39, 0.29) is 0 Å². The lowest BCUT2D eigenvalue weighted by molar-refractivity contribution is 0.0858. The largest absolute Gasteiger partial charge is 0.540 e. The minimum absolute atomic E-state index is 0.567. The van der Waals surface area contributed by atoms with E-state index >= 15 is 0 Å². The van der Waals surface area contributed by atoms with Crippen LogP contribution in [-0.4, -0.2) is 63.6 Å². The predicted molar refractivity (Wildman–Crippen MR) is 120 cm³/mol. The molecule has 0 radical (unpaired) electrons. The average molecular weight is 461 g/mol. The Morgan fingerprint density at radius 1 is 0.967 bits per heavy atom. The zero-order chi connectivity index (χ0) is 22.0. The molecule has 2 aliphatic rings. The van der Waals surface area contributed by atoms with Gasteiger partial charge in [0.25, 0.3) is 0 Å². The Labute approximate surface area is 183 Å². The number of furan rings is 1. The summed E-state index contributed by atoms with van der Waals surface area (Å²) in [6.45, 7) is 9.64. The third-order valence-electron chi connectivity index (χ3n) is 5.86. The topological polar surface area (TPSA) is 71.8 Å². The van der Waals surface area contributed by atoms with Crippen molar-refractivity contribution in [3.63, 3.8) is 0 Å². The lowest BCUT2D eigenvalue weighted by Crippen LogP contribution is -2.56. The smallest absolute Gasteiger partial charge is 0.472 e. The summed E-state index contributed by atoms with van der Waals surface area (Å²) in [5, 5.41) is 0.882. The molecule has 0 aromatic carbocycles. The molecule has 1 aromatic heterocycles. The molecule has 0 spiro atoms. The lowest BCUT2D eigenvalue weighted by Gasteiger charge is -2.26. The molecule has 2 heterocycles. The van der Waals surface area contributed by atoms with Crippen LogP contribution in [0.15, 0.2) is 23.0 Å². The Balaban J connectivity index is 0.000000214. The Hall–Kier alpha value is -0.526. The molecule has 0 amide bonds. The quantitative estimate of drug-likeness (QED) is 0.346. The second-order valence-electron chi connectivity index (χ2n) is 7.84. The first-order valence-corrected chi connectivity index (χ1v) is 15.4. The standard InChI is InChI=1S/C11H22O3Si.C10H18O4Si/c1-12-15(3,13-2)7-6-9-4-5-10-11(8-9)14-10;1-4-12-15(13-5-2,14-6-3)10-7-8-11-9-10/h9-11H,4-8H2,1-3H3;7-9H,4-6H2,1-3H3. The summed E-state index contributed by atoms with van der Waals surface area (Å²) >= 11 is 0. The van der Waals surface area contributed by atoms with E-state index in [1.54, 1.807) is 26.7 Å². The van der Waals surface area contributed by atoms with Gasteiger partial charge in [-0.25, -0.2) is 0 Å². The average Bonchev–Trinajstić information content (AvgIpc) is 3.31. The van der Waals surface area contributed by atoms with Gasteiger partial charge < -0.3 is 31.3 Å². The first-order chi connectivity index (χ1) is 14.5. The fourth-order valence-electron chi connectivity index (χ4n) is 3.89. The van der Waals surface area contributed by atoms with Crippen molar-refractivity contribution in [2.45, 2.75) is 71.3 Å². The number of ether oxygens (including phenoxy) is 1. The molecule has 1 aliphatic carbocycles. The van der Waals surface area contributed by atoms with Crippen LogP contribution in [0.3, 0.4) is 0 Å². The number of epoxide rings is 1. The Morgan fingerprint density at radius 2 is 1.60 bits per heavy atom. The van der Waals surface area contributed by atoms with Crippen LogP contribution >= 0.6 is 0 Å². The van der Waals surface area contributed by atoms with Gasteiger partial charge >= 0.3 is 17.4 Å². The van der Waals surface area contributed by atoms with Gasteiger partial charge in [0.2, 0.25) is 0 Å². The molecule has 2 fully saturated rings. The highest BCUT2D eigenvalue weighted by Gasteiger charge is 2.45. The minimum atomic E-state index is -2.71. The van der Waals surface area contributed by atoms with Gasteiger partial charge in [-0.3, -0.25) is 0 Å². The van der Waals surface area contributed by atoms with E-state index in [4.69, 9.17) is 31.3 Å². The lowest BCUT2D eigenvalue weighted by atomic mass is 9.88. The molecular formula is C21H40O7Si2. The van der Waals surface area contributed by atoms with Crippen molar-refractivity contribution in [3.05, 3.63) is 18.6 Å². The third kappa shape index (κ3) is 7.27. The van der Waals surface area contributed by atoms with Crippen molar-refractivity contribution in [1.82, 2.24) is 0 Å². The summed E-state index contributed by atoms with van der Waals surface area (Å²) in [5.41, 5.74) is 0. The summed E-state index contributed by atoms with van der Waals surface area (Å²) in [6, 6.07) is 2.95. The summed E-state index contributed by atoms with van der Waals surface area (Å²) in [7, 11) is -0.995. The van der Waals surface area contributed by atoms with E-state index in [0.717, 1.165) is 17.1 Å². The van der Waals surface area contributed by atoms with Crippen molar-refractivity contribution in [1.29, 1.82) is 0 Å². The highest BCUT2D eigenvalue weighted by Crippen LogP contribution is 2.41. The van der Waals surface area contributed by atoms with Gasteiger partial charge in [0.15, 0.2) is 0 Å². The summed E-state index contributed by atoms with van der Waals surface area (Å²) in [5.74, 6) is 0.839. The van der Waals surface area contributed by atoms with Crippen LogP contribution in [0.1, 0.15) is 46.5 Å². The molecule has 3 unspecified atom stereocenters. The maximum atomic E-state index is 5.69. The molecule has 1 aromatic rings. The zero-order valence-corrected chi connectivity index (χ0v) is 21.5. The molecule has 3 rings (SSSR count). The zero-order valence-electron chi connectivity index (χ0n) is 19.5.